The van der Waals surface area contributed by atoms with Gasteiger partial charge in [-0.3, -0.25) is 9.20 Å². The number of amides is 1. The van der Waals surface area contributed by atoms with Gasteiger partial charge in [0.2, 0.25) is 5.91 Å². The van der Waals surface area contributed by atoms with Crippen molar-refractivity contribution in [3.05, 3.63) is 30.6 Å². The van der Waals surface area contributed by atoms with E-state index in [1.165, 1.54) is 11.8 Å². The van der Waals surface area contributed by atoms with Gasteiger partial charge in [0.15, 0.2) is 10.8 Å². The van der Waals surface area contributed by atoms with Crippen molar-refractivity contribution < 1.29 is 4.79 Å². The Morgan fingerprint density at radius 3 is 3.00 bits per heavy atom. The highest BCUT2D eigenvalue weighted by atomic mass is 32.2. The normalized spacial score (nSPS) is 11.1. The molecule has 0 saturated carbocycles. The number of aromatic nitrogens is 4. The van der Waals surface area contributed by atoms with Crippen LogP contribution < -0.4 is 5.73 Å². The molecular weight excluding hydrogens is 250 g/mol. The number of para-hydroxylation sites is 1. The molecule has 2 heterocycles. The van der Waals surface area contributed by atoms with Crippen molar-refractivity contribution in [2.24, 2.45) is 5.73 Å². The number of hydrogen-bond donors (Lipinski definition) is 1. The quantitative estimate of drug-likeness (QED) is 0.705. The number of nitrogens with zero attached hydrogens (tertiary/aromatic N) is 4. The van der Waals surface area contributed by atoms with Crippen molar-refractivity contribution in [3.63, 3.8) is 0 Å². The summed E-state index contributed by atoms with van der Waals surface area (Å²) in [5, 5.41) is 9.71. The predicted octanol–water partition coefficient (Wildman–Crippen LogP) is 0.855. The van der Waals surface area contributed by atoms with E-state index in [9.17, 15) is 4.79 Å². The molecule has 3 rings (SSSR count). The van der Waals surface area contributed by atoms with Crippen molar-refractivity contribution in [1.82, 2.24) is 19.6 Å². The van der Waals surface area contributed by atoms with Crippen molar-refractivity contribution >= 4 is 34.2 Å². The van der Waals surface area contributed by atoms with Gasteiger partial charge in [0.1, 0.15) is 6.33 Å². The molecule has 7 heteroatoms. The molecule has 0 aliphatic rings. The Kier molecular flexibility index (Phi) is 2.60. The number of fused-ring (bicyclic) bond motifs is 3. The first-order valence-corrected chi connectivity index (χ1v) is 6.24. The monoisotopic (exact) mass is 259 g/mol. The Balaban J connectivity index is 2.14. The topological polar surface area (TPSA) is 86.2 Å². The smallest absolute Gasteiger partial charge is 0.227 e. The number of carbonyl (C=O) groups excluding carboxylic acids is 1. The van der Waals surface area contributed by atoms with E-state index in [0.29, 0.717) is 5.16 Å². The summed E-state index contributed by atoms with van der Waals surface area (Å²) < 4.78 is 1.76. The van der Waals surface area contributed by atoms with Crippen LogP contribution in [0.2, 0.25) is 0 Å². The summed E-state index contributed by atoms with van der Waals surface area (Å²) in [4.78, 5) is 15.1. The molecule has 3 aromatic rings. The van der Waals surface area contributed by atoms with Crippen LogP contribution in [0, 0.1) is 0 Å². The minimum absolute atomic E-state index is 0.174. The number of rotatable bonds is 3. The van der Waals surface area contributed by atoms with E-state index in [2.05, 4.69) is 15.2 Å². The van der Waals surface area contributed by atoms with Gasteiger partial charge in [-0.1, -0.05) is 23.9 Å². The summed E-state index contributed by atoms with van der Waals surface area (Å²) in [6.07, 6.45) is 1.65. The zero-order valence-electron chi connectivity index (χ0n) is 9.28. The van der Waals surface area contributed by atoms with Crippen LogP contribution in [0.25, 0.3) is 16.6 Å². The number of nitrogens with two attached hydrogens (primary N) is 1. The summed E-state index contributed by atoms with van der Waals surface area (Å²) >= 11 is 1.25. The summed E-state index contributed by atoms with van der Waals surface area (Å²) in [7, 11) is 0. The van der Waals surface area contributed by atoms with Gasteiger partial charge in [0.05, 0.1) is 11.3 Å². The lowest BCUT2D eigenvalue weighted by Crippen LogP contribution is -2.13. The van der Waals surface area contributed by atoms with E-state index in [0.717, 1.165) is 16.6 Å². The fraction of sp³-hybridized carbons (Fsp3) is 0.0909. The van der Waals surface area contributed by atoms with Gasteiger partial charge in [-0.05, 0) is 12.1 Å². The summed E-state index contributed by atoms with van der Waals surface area (Å²) in [5.74, 6) is -0.210. The first kappa shape index (κ1) is 11.0. The van der Waals surface area contributed by atoms with E-state index < -0.39 is 0 Å². The van der Waals surface area contributed by atoms with Gasteiger partial charge in [-0.2, -0.15) is 0 Å². The van der Waals surface area contributed by atoms with Gasteiger partial charge >= 0.3 is 0 Å². The molecule has 2 aromatic heterocycles. The lowest BCUT2D eigenvalue weighted by atomic mass is 10.2. The van der Waals surface area contributed by atoms with Crippen molar-refractivity contribution in [3.8, 4) is 0 Å². The fourth-order valence-corrected chi connectivity index (χ4v) is 2.34. The third-order valence-electron chi connectivity index (χ3n) is 2.47. The molecule has 1 amide bonds. The second-order valence-electron chi connectivity index (χ2n) is 3.69. The molecule has 90 valence electrons. The van der Waals surface area contributed by atoms with Crippen LogP contribution in [0.1, 0.15) is 0 Å². The second kappa shape index (κ2) is 4.26. The average molecular weight is 259 g/mol. The van der Waals surface area contributed by atoms with E-state index in [1.54, 1.807) is 10.7 Å². The van der Waals surface area contributed by atoms with Crippen LogP contribution in [-0.4, -0.2) is 31.2 Å². The molecule has 0 spiro atoms. The van der Waals surface area contributed by atoms with Gasteiger partial charge in [0.25, 0.3) is 0 Å². The van der Waals surface area contributed by atoms with Crippen LogP contribution >= 0.6 is 11.8 Å². The number of primary amides is 1. The van der Waals surface area contributed by atoms with Crippen molar-refractivity contribution in [2.45, 2.75) is 5.16 Å². The molecule has 1 aromatic carbocycles. The maximum atomic E-state index is 10.8. The van der Waals surface area contributed by atoms with Gasteiger partial charge in [0, 0.05) is 5.39 Å². The Morgan fingerprint density at radius 2 is 2.17 bits per heavy atom. The maximum absolute atomic E-state index is 10.8. The summed E-state index contributed by atoms with van der Waals surface area (Å²) in [5.41, 5.74) is 6.70. The van der Waals surface area contributed by atoms with E-state index in [-0.39, 0.29) is 11.7 Å². The first-order valence-electron chi connectivity index (χ1n) is 5.25. The summed E-state index contributed by atoms with van der Waals surface area (Å²) in [6, 6.07) is 7.70. The van der Waals surface area contributed by atoms with Crippen molar-refractivity contribution in [2.75, 3.05) is 5.75 Å². The predicted molar refractivity (Wildman–Crippen MR) is 68.2 cm³/mol. The Labute approximate surface area is 106 Å². The van der Waals surface area contributed by atoms with Crippen LogP contribution in [-0.2, 0) is 4.79 Å². The zero-order chi connectivity index (χ0) is 12.5. The molecule has 0 saturated heterocycles. The molecule has 0 radical (unpaired) electrons. The highest BCUT2D eigenvalue weighted by molar-refractivity contribution is 7.99. The standard InChI is InChI=1S/C11H9N5OS/c12-9(17)5-18-11-15-14-10-7-3-1-2-4-8(7)13-6-16(10)11/h1-4,6H,5H2,(H2,12,17). The number of thioether (sulfide) groups is 1. The SMILES string of the molecule is NC(=O)CSc1nnc2c3ccccc3ncn12. The molecule has 0 unspecified atom stereocenters. The minimum atomic E-state index is -0.384. The van der Waals surface area contributed by atoms with E-state index in [1.807, 2.05) is 24.3 Å². The molecule has 2 N–H and O–H groups in total. The van der Waals surface area contributed by atoms with Crippen LogP contribution in [0.15, 0.2) is 35.7 Å². The third kappa shape index (κ3) is 1.78. The largest absolute Gasteiger partial charge is 0.369 e. The molecule has 0 aliphatic heterocycles. The number of hydrogen-bond acceptors (Lipinski definition) is 5. The Morgan fingerprint density at radius 1 is 1.33 bits per heavy atom. The van der Waals surface area contributed by atoms with Gasteiger partial charge in [-0.15, -0.1) is 10.2 Å². The lowest BCUT2D eigenvalue weighted by Gasteiger charge is -2.00. The lowest BCUT2D eigenvalue weighted by molar-refractivity contribution is -0.115. The Bertz CT molecular complexity index is 738. The highest BCUT2D eigenvalue weighted by Crippen LogP contribution is 2.21. The molecule has 0 aliphatic carbocycles. The third-order valence-corrected chi connectivity index (χ3v) is 3.43. The van der Waals surface area contributed by atoms with E-state index >= 15 is 0 Å². The Hall–Kier alpha value is -2.15. The highest BCUT2D eigenvalue weighted by Gasteiger charge is 2.10. The number of benzene rings is 1. The van der Waals surface area contributed by atoms with Crippen molar-refractivity contribution in [1.29, 1.82) is 0 Å². The second-order valence-corrected chi connectivity index (χ2v) is 4.64. The van der Waals surface area contributed by atoms with Crippen LogP contribution in [0.3, 0.4) is 0 Å². The average Bonchev–Trinajstić information content (AvgIpc) is 2.80. The summed E-state index contributed by atoms with van der Waals surface area (Å²) in [6.45, 7) is 0. The van der Waals surface area contributed by atoms with Crippen LogP contribution in [0.5, 0.6) is 0 Å². The first-order chi connectivity index (χ1) is 8.75. The molecule has 0 bridgehead atoms. The zero-order valence-corrected chi connectivity index (χ0v) is 10.1. The minimum Gasteiger partial charge on any atom is -0.369 e. The molecule has 0 fully saturated rings. The maximum Gasteiger partial charge on any atom is 0.227 e. The molecule has 0 atom stereocenters. The molecule has 6 nitrogen and oxygen atoms in total. The van der Waals surface area contributed by atoms with E-state index in [4.69, 9.17) is 5.73 Å². The molecular formula is C11H9N5OS. The molecule has 18 heavy (non-hydrogen) atoms. The van der Waals surface area contributed by atoms with Crippen LogP contribution in [0.4, 0.5) is 0 Å². The number of carbonyl (C=O) groups is 1. The van der Waals surface area contributed by atoms with Gasteiger partial charge < -0.3 is 5.73 Å². The van der Waals surface area contributed by atoms with Gasteiger partial charge in [-0.25, -0.2) is 4.98 Å². The fourth-order valence-electron chi connectivity index (χ4n) is 1.69.